The van der Waals surface area contributed by atoms with Gasteiger partial charge in [-0.15, -0.1) is 0 Å². The van der Waals surface area contributed by atoms with Crippen molar-refractivity contribution in [3.05, 3.63) is 111 Å². The van der Waals surface area contributed by atoms with Crippen LogP contribution in [0.25, 0.3) is 16.5 Å². The maximum Gasteiger partial charge on any atom is 0.416 e. The lowest BCUT2D eigenvalue weighted by Gasteiger charge is -2.17. The summed E-state index contributed by atoms with van der Waals surface area (Å²) < 4.78 is 40.4. The SMILES string of the molecule is NC(=O)c1cn(-c2cccc(C(F)(F)F)c2)c(=O)c(C(N)=O)c1Cc1cccc2ccccc12. The Kier molecular flexibility index (Phi) is 5.70. The van der Waals surface area contributed by atoms with Crippen LogP contribution in [0.3, 0.4) is 0 Å². The van der Waals surface area contributed by atoms with Crippen molar-refractivity contribution in [1.29, 1.82) is 0 Å². The molecule has 0 radical (unpaired) electrons. The quantitative estimate of drug-likeness (QED) is 0.468. The molecule has 0 atom stereocenters. The first kappa shape index (κ1) is 22.8. The van der Waals surface area contributed by atoms with Gasteiger partial charge in [-0.05, 0) is 46.5 Å². The monoisotopic (exact) mass is 465 g/mol. The molecule has 3 aromatic carbocycles. The molecule has 0 bridgehead atoms. The predicted molar refractivity (Wildman–Crippen MR) is 121 cm³/mol. The number of fused-ring (bicyclic) bond motifs is 1. The van der Waals surface area contributed by atoms with Gasteiger partial charge in [-0.25, -0.2) is 0 Å². The number of primary amides is 2. The summed E-state index contributed by atoms with van der Waals surface area (Å²) in [5.41, 5.74) is 8.94. The van der Waals surface area contributed by atoms with Crippen molar-refractivity contribution >= 4 is 22.6 Å². The number of carbonyl (C=O) groups is 2. The van der Waals surface area contributed by atoms with Crippen molar-refractivity contribution in [2.75, 3.05) is 0 Å². The van der Waals surface area contributed by atoms with Crippen molar-refractivity contribution in [1.82, 2.24) is 4.57 Å². The smallest absolute Gasteiger partial charge is 0.366 e. The fourth-order valence-electron chi connectivity index (χ4n) is 3.96. The number of halogens is 3. The highest BCUT2D eigenvalue weighted by molar-refractivity contribution is 6.01. The van der Waals surface area contributed by atoms with Crippen molar-refractivity contribution in [2.45, 2.75) is 12.6 Å². The van der Waals surface area contributed by atoms with E-state index in [1.54, 1.807) is 12.1 Å². The van der Waals surface area contributed by atoms with Crippen LogP contribution < -0.4 is 17.0 Å². The molecule has 0 saturated heterocycles. The summed E-state index contributed by atoms with van der Waals surface area (Å²) in [6.45, 7) is 0. The van der Waals surface area contributed by atoms with E-state index in [1.165, 1.54) is 6.07 Å². The number of alkyl halides is 3. The molecule has 34 heavy (non-hydrogen) atoms. The van der Waals surface area contributed by atoms with Crippen molar-refractivity contribution in [2.24, 2.45) is 11.5 Å². The molecule has 172 valence electrons. The normalized spacial score (nSPS) is 11.5. The van der Waals surface area contributed by atoms with E-state index in [-0.39, 0.29) is 23.2 Å². The van der Waals surface area contributed by atoms with Gasteiger partial charge in [0.2, 0.25) is 0 Å². The van der Waals surface area contributed by atoms with Gasteiger partial charge in [0.25, 0.3) is 17.4 Å². The third-order valence-corrected chi connectivity index (χ3v) is 5.53. The number of carbonyl (C=O) groups excluding carboxylic acids is 2. The molecule has 0 unspecified atom stereocenters. The topological polar surface area (TPSA) is 108 Å². The Labute approximate surface area is 191 Å². The summed E-state index contributed by atoms with van der Waals surface area (Å²) in [5, 5.41) is 1.73. The van der Waals surface area contributed by atoms with Crippen molar-refractivity contribution in [3.8, 4) is 5.69 Å². The minimum absolute atomic E-state index is 0.0173. The Morgan fingerprint density at radius 1 is 0.882 bits per heavy atom. The van der Waals surface area contributed by atoms with Crippen LogP contribution in [0, 0.1) is 0 Å². The zero-order chi connectivity index (χ0) is 24.6. The minimum atomic E-state index is -4.66. The third kappa shape index (κ3) is 4.15. The molecule has 4 rings (SSSR count). The van der Waals surface area contributed by atoms with Gasteiger partial charge in [0.1, 0.15) is 5.56 Å². The van der Waals surface area contributed by atoms with E-state index in [2.05, 4.69) is 0 Å². The van der Waals surface area contributed by atoms with Gasteiger partial charge in [-0.2, -0.15) is 13.2 Å². The Balaban J connectivity index is 1.97. The van der Waals surface area contributed by atoms with Crippen LogP contribution in [0.5, 0.6) is 0 Å². The van der Waals surface area contributed by atoms with E-state index in [1.807, 2.05) is 30.3 Å². The lowest BCUT2D eigenvalue weighted by molar-refractivity contribution is -0.137. The van der Waals surface area contributed by atoms with Crippen LogP contribution in [0.1, 0.15) is 37.4 Å². The van der Waals surface area contributed by atoms with E-state index in [0.29, 0.717) is 5.56 Å². The van der Waals surface area contributed by atoms with Gasteiger partial charge in [0.05, 0.1) is 11.1 Å². The lowest BCUT2D eigenvalue weighted by Crippen LogP contribution is -2.33. The molecule has 4 N–H and O–H groups in total. The molecule has 0 aliphatic heterocycles. The van der Waals surface area contributed by atoms with Gasteiger partial charge in [-0.1, -0.05) is 48.5 Å². The fourth-order valence-corrected chi connectivity index (χ4v) is 3.96. The molecule has 4 aromatic rings. The molecule has 0 saturated carbocycles. The molecule has 6 nitrogen and oxygen atoms in total. The summed E-state index contributed by atoms with van der Waals surface area (Å²) in [4.78, 5) is 38.0. The first-order valence-electron chi connectivity index (χ1n) is 10.1. The van der Waals surface area contributed by atoms with Crippen LogP contribution in [0.4, 0.5) is 13.2 Å². The largest absolute Gasteiger partial charge is 0.416 e. The maximum atomic E-state index is 13.3. The zero-order valence-electron chi connectivity index (χ0n) is 17.6. The second-order valence-corrected chi connectivity index (χ2v) is 7.66. The molecule has 0 spiro atoms. The van der Waals surface area contributed by atoms with E-state index in [4.69, 9.17) is 11.5 Å². The number of amides is 2. The van der Waals surface area contributed by atoms with Gasteiger partial charge in [0, 0.05) is 11.9 Å². The molecule has 0 aliphatic carbocycles. The van der Waals surface area contributed by atoms with Gasteiger partial charge >= 0.3 is 6.18 Å². The highest BCUT2D eigenvalue weighted by atomic mass is 19.4. The van der Waals surface area contributed by atoms with E-state index < -0.39 is 34.7 Å². The molecule has 1 aromatic heterocycles. The molecular formula is C25H18F3N3O3. The predicted octanol–water partition coefficient (Wildman–Crippen LogP) is 3.80. The summed E-state index contributed by atoms with van der Waals surface area (Å²) in [5.74, 6) is -2.08. The Morgan fingerprint density at radius 2 is 1.56 bits per heavy atom. The van der Waals surface area contributed by atoms with Gasteiger partial charge in [-0.3, -0.25) is 19.0 Å². The highest BCUT2D eigenvalue weighted by Crippen LogP contribution is 2.30. The van der Waals surface area contributed by atoms with Crippen LogP contribution in [0.15, 0.2) is 77.7 Å². The first-order chi connectivity index (χ1) is 16.1. The molecule has 0 aliphatic rings. The number of aromatic nitrogens is 1. The number of hydrogen-bond acceptors (Lipinski definition) is 3. The maximum absolute atomic E-state index is 13.3. The second kappa shape index (κ2) is 8.51. The van der Waals surface area contributed by atoms with E-state index in [0.717, 1.165) is 39.7 Å². The zero-order valence-corrected chi connectivity index (χ0v) is 17.6. The fraction of sp³-hybridized carbons (Fsp3) is 0.0800. The molecule has 9 heteroatoms. The summed E-state index contributed by atoms with van der Waals surface area (Å²) in [6.07, 6.45) is -3.63. The summed E-state index contributed by atoms with van der Waals surface area (Å²) in [7, 11) is 0. The molecule has 0 fully saturated rings. The number of rotatable bonds is 5. The molecule has 1 heterocycles. The number of nitrogens with zero attached hydrogens (tertiary/aromatic N) is 1. The van der Waals surface area contributed by atoms with Gasteiger partial charge < -0.3 is 11.5 Å². The Morgan fingerprint density at radius 3 is 2.24 bits per heavy atom. The van der Waals surface area contributed by atoms with Crippen molar-refractivity contribution < 1.29 is 22.8 Å². The van der Waals surface area contributed by atoms with E-state index >= 15 is 0 Å². The number of hydrogen-bond donors (Lipinski definition) is 2. The summed E-state index contributed by atoms with van der Waals surface area (Å²) in [6, 6.07) is 16.8. The van der Waals surface area contributed by atoms with Crippen LogP contribution in [-0.2, 0) is 12.6 Å². The standard InChI is InChI=1S/C25H18F3N3O3/c26-25(27,28)16-8-4-9-17(12-16)31-13-20(22(29)32)19(21(23(30)33)24(31)34)11-15-7-3-6-14-5-1-2-10-18(14)15/h1-10,12-13H,11H2,(H2,29,32)(H2,30,33). The average Bonchev–Trinajstić information content (AvgIpc) is 2.78. The highest BCUT2D eigenvalue weighted by Gasteiger charge is 2.31. The van der Waals surface area contributed by atoms with Gasteiger partial charge in [0.15, 0.2) is 0 Å². The summed E-state index contributed by atoms with van der Waals surface area (Å²) >= 11 is 0. The minimum Gasteiger partial charge on any atom is -0.366 e. The average molecular weight is 465 g/mol. The second-order valence-electron chi connectivity index (χ2n) is 7.66. The van der Waals surface area contributed by atoms with E-state index in [9.17, 15) is 27.6 Å². The number of nitrogens with two attached hydrogens (primary N) is 2. The Bertz CT molecular complexity index is 1500. The number of pyridine rings is 1. The Hall–Kier alpha value is -4.40. The lowest BCUT2D eigenvalue weighted by atomic mass is 9.93. The molecule has 2 amide bonds. The first-order valence-corrected chi connectivity index (χ1v) is 10.1. The van der Waals surface area contributed by atoms with Crippen LogP contribution in [-0.4, -0.2) is 16.4 Å². The molecular weight excluding hydrogens is 447 g/mol. The number of benzene rings is 3. The third-order valence-electron chi connectivity index (χ3n) is 5.53. The van der Waals surface area contributed by atoms with Crippen LogP contribution >= 0.6 is 0 Å². The van der Waals surface area contributed by atoms with Crippen molar-refractivity contribution in [3.63, 3.8) is 0 Å². The van der Waals surface area contributed by atoms with Crippen LogP contribution in [0.2, 0.25) is 0 Å².